The number of nitrogens with zero attached hydrogens (tertiary/aromatic N) is 2. The molecule has 13 heteroatoms. The van der Waals surface area contributed by atoms with E-state index in [2.05, 4.69) is 9.71 Å². The van der Waals surface area contributed by atoms with Crippen LogP contribution in [0, 0.1) is 28.1 Å². The zero-order valence-corrected chi connectivity index (χ0v) is 32.9. The van der Waals surface area contributed by atoms with Gasteiger partial charge in [0.05, 0.1) is 30.7 Å². The fraction of sp³-hybridized carbons (Fsp3) is 0.667. The number of pyridine rings is 1. The summed E-state index contributed by atoms with van der Waals surface area (Å²) in [6, 6.07) is 6.39. The molecule has 286 valence electrons. The minimum atomic E-state index is -4.39. The number of methoxy groups -OCH3 is 1. The van der Waals surface area contributed by atoms with Gasteiger partial charge in [-0.3, -0.25) is 19.2 Å². The Labute approximate surface area is 308 Å². The molecule has 5 rings (SSSR count). The molecule has 1 saturated heterocycles. The number of ether oxygens (including phenoxy) is 2. The highest BCUT2D eigenvalue weighted by Crippen LogP contribution is 2.58. The van der Waals surface area contributed by atoms with Crippen LogP contribution >= 0.6 is 0 Å². The van der Waals surface area contributed by atoms with Gasteiger partial charge in [-0.25, -0.2) is 13.9 Å². The first kappa shape index (κ1) is 39.6. The van der Waals surface area contributed by atoms with Crippen LogP contribution in [0.2, 0.25) is 0 Å². The largest absolute Gasteiger partial charge is 0.497 e. The molecule has 2 saturated carbocycles. The number of ketones is 2. The monoisotopic (exact) mass is 741 g/mol. The third-order valence-corrected chi connectivity index (χ3v) is 11.8. The van der Waals surface area contributed by atoms with Gasteiger partial charge in [-0.15, -0.1) is 0 Å². The fourth-order valence-electron chi connectivity index (χ4n) is 7.47. The summed E-state index contributed by atoms with van der Waals surface area (Å²) in [5.41, 5.74) is -2.94. The lowest BCUT2D eigenvalue weighted by atomic mass is 9.75. The van der Waals surface area contributed by atoms with E-state index >= 15 is 0 Å². The number of fused-ring (bicyclic) bond motifs is 1. The maximum atomic E-state index is 14.6. The van der Waals surface area contributed by atoms with Gasteiger partial charge in [0, 0.05) is 43.2 Å². The van der Waals surface area contributed by atoms with Crippen LogP contribution < -0.4 is 14.2 Å². The van der Waals surface area contributed by atoms with Crippen LogP contribution in [0.15, 0.2) is 30.5 Å². The summed E-state index contributed by atoms with van der Waals surface area (Å²) in [4.78, 5) is 62.0. The van der Waals surface area contributed by atoms with Crippen LogP contribution in [0.4, 0.5) is 0 Å². The Hall–Kier alpha value is -3.58. The summed E-state index contributed by atoms with van der Waals surface area (Å²) < 4.78 is 44.7. The number of nitrogens with one attached hydrogen (secondary N) is 1. The summed E-state index contributed by atoms with van der Waals surface area (Å²) in [5.74, 6) is -1.40. The van der Waals surface area contributed by atoms with Crippen molar-refractivity contribution in [3.8, 4) is 11.6 Å². The van der Waals surface area contributed by atoms with E-state index in [1.54, 1.807) is 26.3 Å². The van der Waals surface area contributed by atoms with Gasteiger partial charge in [-0.2, -0.15) is 8.42 Å². The van der Waals surface area contributed by atoms with Crippen molar-refractivity contribution in [1.82, 2.24) is 14.6 Å². The lowest BCUT2D eigenvalue weighted by Gasteiger charge is -2.35. The number of Topliss-reactive ketones (excluding diaryl/α,β-unsaturated/α-hetero) is 2. The van der Waals surface area contributed by atoms with Crippen LogP contribution in [0.5, 0.6) is 11.6 Å². The number of rotatable bonds is 15. The van der Waals surface area contributed by atoms with Crippen molar-refractivity contribution >= 4 is 44.5 Å². The topological polar surface area (TPSA) is 158 Å². The molecule has 2 amide bonds. The Kier molecular flexibility index (Phi) is 10.9. The van der Waals surface area contributed by atoms with Crippen molar-refractivity contribution in [3.63, 3.8) is 0 Å². The summed E-state index contributed by atoms with van der Waals surface area (Å²) in [6.07, 6.45) is 3.26. The Morgan fingerprint density at radius 3 is 2.35 bits per heavy atom. The minimum Gasteiger partial charge on any atom is -0.497 e. The van der Waals surface area contributed by atoms with Gasteiger partial charge < -0.3 is 14.4 Å². The Morgan fingerprint density at radius 2 is 1.77 bits per heavy atom. The van der Waals surface area contributed by atoms with Crippen LogP contribution in [0.3, 0.4) is 0 Å². The van der Waals surface area contributed by atoms with Gasteiger partial charge in [0.25, 0.3) is 0 Å². The second kappa shape index (κ2) is 14.3. The molecule has 2 aromatic rings. The summed E-state index contributed by atoms with van der Waals surface area (Å²) in [6.45, 7) is 15.3. The highest BCUT2D eigenvalue weighted by atomic mass is 32.2. The first-order valence-electron chi connectivity index (χ1n) is 18.3. The smallest absolute Gasteiger partial charge is 0.362 e. The number of benzene rings is 1. The maximum absolute atomic E-state index is 14.6. The minimum absolute atomic E-state index is 0.0241. The zero-order chi connectivity index (χ0) is 38.4. The molecule has 12 nitrogen and oxygen atoms in total. The van der Waals surface area contributed by atoms with Crippen LogP contribution in [-0.4, -0.2) is 73.1 Å². The first-order valence-corrected chi connectivity index (χ1v) is 19.7. The van der Waals surface area contributed by atoms with Crippen molar-refractivity contribution < 1.29 is 41.3 Å². The summed E-state index contributed by atoms with van der Waals surface area (Å²) in [7, 11) is -2.81. The molecular formula is C39H55N3O9S. The zero-order valence-electron chi connectivity index (χ0n) is 32.0. The molecule has 2 aliphatic carbocycles. The number of aromatic nitrogens is 1. The standard InChI is InChI=1S/C39H55N3O9S/c1-10-25-20-39(25,35(46)41-52(47,48)51-38(8)14-15-38)22-32(44)31-19-28(50-33-29-12-11-27(49-9)17-24(29)13-16-40-33)23-42(31)34(45)30(37(5,6)7)18-26(43)21-36(2,3)4/h11-13,16-17,25,28,30-31H,10,14-15,18-23H2,1-9H3,(H,41,46)/t25-,28-,30-,31?,39-/m1/s1. The van der Waals surface area contributed by atoms with Crippen LogP contribution in [0.25, 0.3) is 10.8 Å². The predicted molar refractivity (Wildman–Crippen MR) is 196 cm³/mol. The maximum Gasteiger partial charge on any atom is 0.362 e. The van der Waals surface area contributed by atoms with E-state index in [9.17, 15) is 27.6 Å². The Balaban J connectivity index is 1.43. The lowest BCUT2D eigenvalue weighted by Crippen LogP contribution is -2.48. The Bertz CT molecular complexity index is 1830. The lowest BCUT2D eigenvalue weighted by molar-refractivity contribution is -0.146. The molecule has 0 radical (unpaired) electrons. The molecule has 3 fully saturated rings. The molecule has 5 atom stereocenters. The van der Waals surface area contributed by atoms with Gasteiger partial charge in [0.2, 0.25) is 17.7 Å². The van der Waals surface area contributed by atoms with Gasteiger partial charge >= 0.3 is 10.3 Å². The number of hydrogen-bond acceptors (Lipinski definition) is 10. The summed E-state index contributed by atoms with van der Waals surface area (Å²) >= 11 is 0. The SMILES string of the molecule is CC[C@@H]1C[C@]1(CC(=O)C1C[C@@H](Oc2nccc3cc(OC)ccc23)CN1C(=O)[C@@H](CC(=O)CC(C)(C)C)C(C)(C)C)C(=O)NS(=O)(=O)OC1(C)CC1. The van der Waals surface area contributed by atoms with E-state index in [1.807, 2.05) is 66.7 Å². The third-order valence-electron chi connectivity index (χ3n) is 10.8. The second-order valence-electron chi connectivity index (χ2n) is 17.6. The van der Waals surface area contributed by atoms with Gasteiger partial charge in [0.15, 0.2) is 5.78 Å². The second-order valence-corrected chi connectivity index (χ2v) is 18.9. The van der Waals surface area contributed by atoms with Crippen molar-refractivity contribution in [2.24, 2.45) is 28.1 Å². The average molecular weight is 742 g/mol. The van der Waals surface area contributed by atoms with Crippen molar-refractivity contribution in [2.75, 3.05) is 13.7 Å². The molecule has 2 heterocycles. The molecular weight excluding hydrogens is 687 g/mol. The van der Waals surface area contributed by atoms with Gasteiger partial charge in [0.1, 0.15) is 17.6 Å². The van der Waals surface area contributed by atoms with Crippen LogP contribution in [0.1, 0.15) is 107 Å². The van der Waals surface area contributed by atoms with Crippen LogP contribution in [-0.2, 0) is 33.7 Å². The summed E-state index contributed by atoms with van der Waals surface area (Å²) in [5, 5.41) is 1.58. The van der Waals surface area contributed by atoms with Crippen molar-refractivity contribution in [2.45, 2.75) is 125 Å². The van der Waals surface area contributed by atoms with E-state index in [0.717, 1.165) is 10.8 Å². The molecule has 1 unspecified atom stereocenters. The first-order chi connectivity index (χ1) is 24.1. The molecule has 1 aromatic carbocycles. The van der Waals surface area contributed by atoms with E-state index < -0.39 is 50.7 Å². The molecule has 52 heavy (non-hydrogen) atoms. The van der Waals surface area contributed by atoms with E-state index in [0.29, 0.717) is 43.7 Å². The molecule has 0 spiro atoms. The molecule has 1 aliphatic heterocycles. The molecule has 1 aromatic heterocycles. The van der Waals surface area contributed by atoms with Crippen molar-refractivity contribution in [1.29, 1.82) is 0 Å². The molecule has 0 bridgehead atoms. The third kappa shape index (κ3) is 9.13. The molecule has 3 aliphatic rings. The number of hydrogen-bond donors (Lipinski definition) is 1. The van der Waals surface area contributed by atoms with E-state index in [-0.39, 0.29) is 54.6 Å². The number of carbonyl (C=O) groups excluding carboxylic acids is 4. The predicted octanol–water partition coefficient (Wildman–Crippen LogP) is 5.96. The van der Waals surface area contributed by atoms with Gasteiger partial charge in [-0.1, -0.05) is 54.9 Å². The average Bonchev–Trinajstić information content (AvgIpc) is 3.90. The quantitative estimate of drug-likeness (QED) is 0.231. The number of likely N-dealkylation sites (tertiary alicyclic amines) is 1. The molecule has 1 N–H and O–H groups in total. The highest BCUT2D eigenvalue weighted by molar-refractivity contribution is 7.85. The Morgan fingerprint density at radius 1 is 1.08 bits per heavy atom. The van der Waals surface area contributed by atoms with Crippen molar-refractivity contribution in [3.05, 3.63) is 30.5 Å². The highest BCUT2D eigenvalue weighted by Gasteiger charge is 2.62. The van der Waals surface area contributed by atoms with Gasteiger partial charge in [-0.05, 0) is 72.6 Å². The number of amides is 2. The fourth-order valence-corrected chi connectivity index (χ4v) is 8.64. The number of carbonyl (C=O) groups is 4. The van der Waals surface area contributed by atoms with E-state index in [4.69, 9.17) is 13.7 Å². The van der Waals surface area contributed by atoms with E-state index in [1.165, 1.54) is 4.90 Å². The normalized spacial score (nSPS) is 24.6.